The number of aromatic nitrogens is 2. The number of rotatable bonds is 7. The maximum absolute atomic E-state index is 13.2. The minimum Gasteiger partial charge on any atom is -0.497 e. The van der Waals surface area contributed by atoms with Crippen molar-refractivity contribution in [1.29, 1.82) is 0 Å². The van der Waals surface area contributed by atoms with Gasteiger partial charge >= 0.3 is 0 Å². The summed E-state index contributed by atoms with van der Waals surface area (Å²) in [4.78, 5) is 38.2. The first kappa shape index (κ1) is 22.4. The monoisotopic (exact) mass is 455 g/mol. The maximum Gasteiger partial charge on any atom is 0.272 e. The number of H-pyrrole nitrogens is 1. The number of benzene rings is 3. The fraction of sp³-hybridized carbons (Fsp3) is 0.0800. The van der Waals surface area contributed by atoms with Gasteiger partial charge in [0.15, 0.2) is 6.04 Å². The van der Waals surface area contributed by atoms with Crippen molar-refractivity contribution in [2.75, 3.05) is 7.11 Å². The number of methoxy groups -OCH3 is 1. The molecule has 1 atom stereocenters. The van der Waals surface area contributed by atoms with E-state index >= 15 is 0 Å². The van der Waals surface area contributed by atoms with Crippen molar-refractivity contribution in [2.45, 2.75) is 6.04 Å². The molecule has 9 nitrogen and oxygen atoms in total. The van der Waals surface area contributed by atoms with Gasteiger partial charge in [-0.15, -0.1) is 0 Å². The molecular weight excluding hydrogens is 434 g/mol. The van der Waals surface area contributed by atoms with Crippen LogP contribution in [0.1, 0.15) is 27.7 Å². The lowest BCUT2D eigenvalue weighted by atomic mass is 10.0. The first-order chi connectivity index (χ1) is 16.6. The van der Waals surface area contributed by atoms with Crippen LogP contribution in [-0.4, -0.2) is 35.3 Å². The van der Waals surface area contributed by atoms with E-state index in [2.05, 4.69) is 26.0 Å². The Labute approximate surface area is 194 Å². The first-order valence-electron chi connectivity index (χ1n) is 10.4. The molecule has 0 aliphatic carbocycles. The third-order valence-electron chi connectivity index (χ3n) is 5.05. The number of carbonyl (C=O) groups excluding carboxylic acids is 2. The quantitative estimate of drug-likeness (QED) is 0.292. The number of hydrazone groups is 1. The number of nitrogens with zero attached hydrogens (tertiary/aromatic N) is 2. The van der Waals surface area contributed by atoms with Gasteiger partial charge in [0.05, 0.1) is 18.7 Å². The molecule has 0 saturated heterocycles. The van der Waals surface area contributed by atoms with Crippen molar-refractivity contribution < 1.29 is 14.3 Å². The topological polar surface area (TPSA) is 126 Å². The second-order valence-electron chi connectivity index (χ2n) is 7.27. The Balaban J connectivity index is 1.66. The average Bonchev–Trinajstić information content (AvgIpc) is 2.88. The zero-order chi connectivity index (χ0) is 23.9. The van der Waals surface area contributed by atoms with Gasteiger partial charge in [-0.25, -0.2) is 10.5 Å². The van der Waals surface area contributed by atoms with Gasteiger partial charge in [-0.1, -0.05) is 48.5 Å². The number of aromatic amines is 1. The Morgan fingerprint density at radius 3 is 2.50 bits per heavy atom. The van der Waals surface area contributed by atoms with Crippen LogP contribution in [0, 0.1) is 0 Å². The fourth-order valence-electron chi connectivity index (χ4n) is 3.37. The highest BCUT2D eigenvalue weighted by Crippen LogP contribution is 2.20. The lowest BCUT2D eigenvalue weighted by molar-refractivity contribution is -0.123. The summed E-state index contributed by atoms with van der Waals surface area (Å²) < 4.78 is 5.18. The van der Waals surface area contributed by atoms with E-state index in [1.54, 1.807) is 86.0 Å². The van der Waals surface area contributed by atoms with E-state index in [9.17, 15) is 14.4 Å². The largest absolute Gasteiger partial charge is 0.497 e. The van der Waals surface area contributed by atoms with Crippen LogP contribution in [-0.2, 0) is 4.79 Å². The highest BCUT2D eigenvalue weighted by Gasteiger charge is 2.27. The zero-order valence-corrected chi connectivity index (χ0v) is 18.2. The van der Waals surface area contributed by atoms with E-state index in [1.165, 1.54) is 6.21 Å². The molecule has 4 rings (SSSR count). The minimum absolute atomic E-state index is 0.188. The molecule has 0 spiro atoms. The molecule has 0 bridgehead atoms. The molecule has 2 amide bonds. The molecule has 3 N–H and O–H groups in total. The van der Waals surface area contributed by atoms with E-state index in [-0.39, 0.29) is 5.69 Å². The van der Waals surface area contributed by atoms with Crippen molar-refractivity contribution in [1.82, 2.24) is 20.9 Å². The molecule has 3 aromatic carbocycles. The molecule has 9 heteroatoms. The lowest BCUT2D eigenvalue weighted by Crippen LogP contribution is -2.40. The maximum atomic E-state index is 13.2. The van der Waals surface area contributed by atoms with E-state index < -0.39 is 23.4 Å². The molecule has 0 saturated carbocycles. The SMILES string of the molecule is COc1cccc(/C=N/NC(=O)C(NC(=O)c2ccccc2)c2n[nH]c(=O)c3ccccc23)c1. The van der Waals surface area contributed by atoms with Crippen molar-refractivity contribution in [2.24, 2.45) is 5.10 Å². The molecule has 1 heterocycles. The third-order valence-corrected chi connectivity index (χ3v) is 5.05. The molecule has 0 aliphatic heterocycles. The molecule has 34 heavy (non-hydrogen) atoms. The van der Waals surface area contributed by atoms with Crippen molar-refractivity contribution >= 4 is 28.8 Å². The van der Waals surface area contributed by atoms with Gasteiger partial charge in [-0.05, 0) is 35.9 Å². The van der Waals surface area contributed by atoms with Gasteiger partial charge in [0, 0.05) is 10.9 Å². The molecule has 1 aromatic heterocycles. The third kappa shape index (κ3) is 4.99. The standard InChI is InChI=1S/C25H21N5O4/c1-34-18-11-7-8-16(14-18)15-26-29-25(33)22(27-23(31)17-9-3-2-4-10-17)21-19-12-5-6-13-20(19)24(32)30-28-21/h2-15,22H,1H3,(H,27,31)(H,29,33)(H,30,32)/b26-15+. The highest BCUT2D eigenvalue weighted by molar-refractivity contribution is 5.99. The molecule has 4 aromatic rings. The Morgan fingerprint density at radius 2 is 1.74 bits per heavy atom. The predicted molar refractivity (Wildman–Crippen MR) is 128 cm³/mol. The number of hydrogen-bond donors (Lipinski definition) is 3. The van der Waals surface area contributed by atoms with E-state index in [1.807, 2.05) is 0 Å². The Hall–Kier alpha value is -4.79. The molecule has 0 fully saturated rings. The van der Waals surface area contributed by atoms with E-state index in [4.69, 9.17) is 4.74 Å². The van der Waals surface area contributed by atoms with Gasteiger partial charge < -0.3 is 10.1 Å². The second-order valence-corrected chi connectivity index (χ2v) is 7.27. The number of carbonyl (C=O) groups is 2. The molecular formula is C25H21N5O4. The van der Waals surface area contributed by atoms with Crippen molar-refractivity contribution in [3.8, 4) is 5.75 Å². The molecule has 0 radical (unpaired) electrons. The van der Waals surface area contributed by atoms with Gasteiger partial charge in [0.2, 0.25) is 0 Å². The lowest BCUT2D eigenvalue weighted by Gasteiger charge is -2.18. The summed E-state index contributed by atoms with van der Waals surface area (Å²) in [5.41, 5.74) is 3.31. The fourth-order valence-corrected chi connectivity index (χ4v) is 3.37. The predicted octanol–water partition coefficient (Wildman–Crippen LogP) is 2.55. The summed E-state index contributed by atoms with van der Waals surface area (Å²) in [5, 5.41) is 14.0. The van der Waals surface area contributed by atoms with Gasteiger partial charge in [-0.3, -0.25) is 14.4 Å². The Morgan fingerprint density at radius 1 is 1.00 bits per heavy atom. The van der Waals surface area contributed by atoms with Crippen LogP contribution in [0.15, 0.2) is 88.8 Å². The zero-order valence-electron chi connectivity index (χ0n) is 18.2. The summed E-state index contributed by atoms with van der Waals surface area (Å²) in [7, 11) is 1.56. The van der Waals surface area contributed by atoms with Gasteiger partial charge in [-0.2, -0.15) is 10.2 Å². The number of amides is 2. The van der Waals surface area contributed by atoms with Crippen LogP contribution in [0.2, 0.25) is 0 Å². The summed E-state index contributed by atoms with van der Waals surface area (Å²) >= 11 is 0. The number of nitrogens with one attached hydrogen (secondary N) is 3. The normalized spacial score (nSPS) is 11.8. The van der Waals surface area contributed by atoms with Crippen molar-refractivity contribution in [3.63, 3.8) is 0 Å². The van der Waals surface area contributed by atoms with E-state index in [0.717, 1.165) is 0 Å². The number of ether oxygens (including phenoxy) is 1. The van der Waals surface area contributed by atoms with Crippen LogP contribution in [0.4, 0.5) is 0 Å². The Kier molecular flexibility index (Phi) is 6.73. The first-order valence-corrected chi connectivity index (χ1v) is 10.4. The van der Waals surface area contributed by atoms with Crippen LogP contribution in [0.25, 0.3) is 10.8 Å². The molecule has 170 valence electrons. The molecule has 1 unspecified atom stereocenters. The summed E-state index contributed by atoms with van der Waals surface area (Å²) in [6, 6.07) is 21.1. The van der Waals surface area contributed by atoms with Crippen LogP contribution in [0.5, 0.6) is 5.75 Å². The van der Waals surface area contributed by atoms with Gasteiger partial charge in [0.1, 0.15) is 11.4 Å². The minimum atomic E-state index is -1.23. The second kappa shape index (κ2) is 10.2. The van der Waals surface area contributed by atoms with Crippen LogP contribution >= 0.6 is 0 Å². The summed E-state index contributed by atoms with van der Waals surface area (Å²) in [6.07, 6.45) is 1.45. The van der Waals surface area contributed by atoms with E-state index in [0.29, 0.717) is 27.6 Å². The van der Waals surface area contributed by atoms with Crippen LogP contribution in [0.3, 0.4) is 0 Å². The molecule has 0 aliphatic rings. The van der Waals surface area contributed by atoms with Gasteiger partial charge in [0.25, 0.3) is 17.4 Å². The summed E-state index contributed by atoms with van der Waals surface area (Å²) in [6.45, 7) is 0. The summed E-state index contributed by atoms with van der Waals surface area (Å²) in [5.74, 6) is -0.463. The Bertz CT molecular complexity index is 1420. The number of hydrogen-bond acceptors (Lipinski definition) is 6. The number of fused-ring (bicyclic) bond motifs is 1. The van der Waals surface area contributed by atoms with Crippen molar-refractivity contribution in [3.05, 3.63) is 106 Å². The average molecular weight is 455 g/mol. The highest BCUT2D eigenvalue weighted by atomic mass is 16.5. The smallest absolute Gasteiger partial charge is 0.272 e. The van der Waals surface area contributed by atoms with Crippen LogP contribution < -0.4 is 21.0 Å².